The molecule has 0 radical (unpaired) electrons. The lowest BCUT2D eigenvalue weighted by Gasteiger charge is -2.22. The fourth-order valence-corrected chi connectivity index (χ4v) is 3.10. The summed E-state index contributed by atoms with van der Waals surface area (Å²) >= 11 is 0. The first kappa shape index (κ1) is 18.2. The van der Waals surface area contributed by atoms with E-state index in [-0.39, 0.29) is 17.4 Å². The second-order valence-electron chi connectivity index (χ2n) is 7.84. The highest BCUT2D eigenvalue weighted by Crippen LogP contribution is 2.41. The lowest BCUT2D eigenvalue weighted by Crippen LogP contribution is -2.26. The Hall–Kier alpha value is -2.63. The number of carbonyl (C=O) groups is 2. The van der Waals surface area contributed by atoms with E-state index >= 15 is 0 Å². The normalized spacial score (nSPS) is 14.2. The largest absolute Gasteiger partial charge is 0.355 e. The standard InChI is InChI=1S/C20H26N4O2/c1-12-7-6-8-14(17(12)19(26)21-5)22-18(25)15-11-16(13-9-10-13)24(23-15)20(2,3)4/h6-8,11,13H,9-10H2,1-5H3,(H,21,26)(H,22,25). The van der Waals surface area contributed by atoms with Gasteiger partial charge >= 0.3 is 0 Å². The first-order chi connectivity index (χ1) is 12.2. The van der Waals surface area contributed by atoms with Gasteiger partial charge in [-0.15, -0.1) is 0 Å². The van der Waals surface area contributed by atoms with E-state index < -0.39 is 0 Å². The molecule has 0 aliphatic heterocycles. The van der Waals surface area contributed by atoms with Crippen LogP contribution in [-0.4, -0.2) is 28.6 Å². The van der Waals surface area contributed by atoms with Crippen LogP contribution in [-0.2, 0) is 5.54 Å². The van der Waals surface area contributed by atoms with Gasteiger partial charge in [0, 0.05) is 18.7 Å². The Morgan fingerprint density at radius 2 is 1.88 bits per heavy atom. The van der Waals surface area contributed by atoms with Crippen LogP contribution in [0.15, 0.2) is 24.3 Å². The third-order valence-electron chi connectivity index (χ3n) is 4.58. The summed E-state index contributed by atoms with van der Waals surface area (Å²) in [6, 6.07) is 7.28. The molecule has 1 fully saturated rings. The van der Waals surface area contributed by atoms with Crippen LogP contribution in [0, 0.1) is 6.92 Å². The molecule has 0 unspecified atom stereocenters. The molecular formula is C20H26N4O2. The number of anilines is 1. The summed E-state index contributed by atoms with van der Waals surface area (Å²) in [7, 11) is 1.58. The second-order valence-corrected chi connectivity index (χ2v) is 7.84. The number of rotatable bonds is 4. The Morgan fingerprint density at radius 1 is 1.19 bits per heavy atom. The van der Waals surface area contributed by atoms with Gasteiger partial charge in [0.25, 0.3) is 11.8 Å². The average molecular weight is 354 g/mol. The Bertz CT molecular complexity index is 857. The number of hydrogen-bond acceptors (Lipinski definition) is 3. The summed E-state index contributed by atoms with van der Waals surface area (Å²) in [6.07, 6.45) is 2.28. The summed E-state index contributed by atoms with van der Waals surface area (Å²) < 4.78 is 1.95. The number of aryl methyl sites for hydroxylation is 1. The van der Waals surface area contributed by atoms with Gasteiger partial charge in [0.1, 0.15) is 0 Å². The van der Waals surface area contributed by atoms with E-state index in [1.807, 2.05) is 29.8 Å². The third-order valence-corrected chi connectivity index (χ3v) is 4.58. The highest BCUT2D eigenvalue weighted by molar-refractivity contribution is 6.08. The van der Waals surface area contributed by atoms with Gasteiger partial charge in [-0.1, -0.05) is 12.1 Å². The number of nitrogens with zero attached hydrogens (tertiary/aromatic N) is 2. The maximum atomic E-state index is 12.8. The quantitative estimate of drug-likeness (QED) is 0.883. The van der Waals surface area contributed by atoms with E-state index in [0.29, 0.717) is 22.9 Å². The molecule has 1 aromatic carbocycles. The number of nitrogens with one attached hydrogen (secondary N) is 2. The monoisotopic (exact) mass is 354 g/mol. The molecule has 1 aromatic heterocycles. The highest BCUT2D eigenvalue weighted by Gasteiger charge is 2.32. The van der Waals surface area contributed by atoms with Crippen molar-refractivity contribution >= 4 is 17.5 Å². The maximum Gasteiger partial charge on any atom is 0.276 e. The smallest absolute Gasteiger partial charge is 0.276 e. The zero-order valence-electron chi connectivity index (χ0n) is 16.0. The van der Waals surface area contributed by atoms with E-state index in [2.05, 4.69) is 36.5 Å². The molecule has 2 amide bonds. The number of benzene rings is 1. The van der Waals surface area contributed by atoms with Crippen LogP contribution in [0.25, 0.3) is 0 Å². The molecule has 1 aliphatic carbocycles. The molecule has 0 bridgehead atoms. The van der Waals surface area contributed by atoms with E-state index in [1.54, 1.807) is 13.1 Å². The molecule has 2 N–H and O–H groups in total. The number of hydrogen-bond donors (Lipinski definition) is 2. The number of aromatic nitrogens is 2. The molecule has 6 nitrogen and oxygen atoms in total. The Kier molecular flexibility index (Phi) is 4.61. The topological polar surface area (TPSA) is 76.0 Å². The van der Waals surface area contributed by atoms with Crippen molar-refractivity contribution in [2.24, 2.45) is 0 Å². The van der Waals surface area contributed by atoms with Crippen LogP contribution < -0.4 is 10.6 Å². The van der Waals surface area contributed by atoms with Crippen LogP contribution in [0.4, 0.5) is 5.69 Å². The van der Waals surface area contributed by atoms with E-state index in [1.165, 1.54) is 0 Å². The minimum Gasteiger partial charge on any atom is -0.355 e. The predicted molar refractivity (Wildman–Crippen MR) is 102 cm³/mol. The van der Waals surface area contributed by atoms with Gasteiger partial charge in [-0.3, -0.25) is 14.3 Å². The average Bonchev–Trinajstić information content (AvgIpc) is 3.31. The summed E-state index contributed by atoms with van der Waals surface area (Å²) in [5.41, 5.74) is 3.08. The summed E-state index contributed by atoms with van der Waals surface area (Å²) in [5.74, 6) is -0.0355. The minimum absolute atomic E-state index is 0.187. The molecule has 2 aromatic rings. The van der Waals surface area contributed by atoms with Crippen molar-refractivity contribution in [2.75, 3.05) is 12.4 Å². The van der Waals surface area contributed by atoms with Gasteiger partial charge < -0.3 is 10.6 Å². The minimum atomic E-state index is -0.300. The maximum absolute atomic E-state index is 12.8. The zero-order chi connectivity index (χ0) is 19.1. The van der Waals surface area contributed by atoms with Crippen LogP contribution >= 0.6 is 0 Å². The van der Waals surface area contributed by atoms with Crippen molar-refractivity contribution in [3.63, 3.8) is 0 Å². The van der Waals surface area contributed by atoms with Crippen LogP contribution in [0.1, 0.15) is 71.6 Å². The summed E-state index contributed by atoms with van der Waals surface area (Å²) in [6.45, 7) is 8.09. The van der Waals surface area contributed by atoms with E-state index in [0.717, 1.165) is 24.1 Å². The highest BCUT2D eigenvalue weighted by atomic mass is 16.2. The van der Waals surface area contributed by atoms with E-state index in [9.17, 15) is 9.59 Å². The number of carbonyl (C=O) groups excluding carboxylic acids is 2. The number of amides is 2. The van der Waals surface area contributed by atoms with Crippen LogP contribution in [0.3, 0.4) is 0 Å². The predicted octanol–water partition coefficient (Wildman–Crippen LogP) is 3.44. The summed E-state index contributed by atoms with van der Waals surface area (Å²) in [5, 5.41) is 10.0. The van der Waals surface area contributed by atoms with Crippen molar-refractivity contribution in [1.29, 1.82) is 0 Å². The lowest BCUT2D eigenvalue weighted by atomic mass is 10.1. The molecule has 26 heavy (non-hydrogen) atoms. The van der Waals surface area contributed by atoms with Gasteiger partial charge in [-0.2, -0.15) is 5.10 Å². The van der Waals surface area contributed by atoms with Crippen molar-refractivity contribution in [1.82, 2.24) is 15.1 Å². The van der Waals surface area contributed by atoms with Crippen LogP contribution in [0.5, 0.6) is 0 Å². The van der Waals surface area contributed by atoms with Gasteiger partial charge in [0.15, 0.2) is 5.69 Å². The molecule has 0 atom stereocenters. The molecular weight excluding hydrogens is 328 g/mol. The van der Waals surface area contributed by atoms with Gasteiger partial charge in [-0.25, -0.2) is 0 Å². The Labute approximate surface area is 154 Å². The zero-order valence-corrected chi connectivity index (χ0v) is 16.0. The lowest BCUT2D eigenvalue weighted by molar-refractivity contribution is 0.0963. The molecule has 6 heteroatoms. The summed E-state index contributed by atoms with van der Waals surface area (Å²) in [4.78, 5) is 25.0. The van der Waals surface area contributed by atoms with E-state index in [4.69, 9.17) is 0 Å². The molecule has 0 saturated heterocycles. The van der Waals surface area contributed by atoms with Gasteiger partial charge in [0.2, 0.25) is 0 Å². The molecule has 138 valence electrons. The van der Waals surface area contributed by atoms with Crippen molar-refractivity contribution in [2.45, 2.75) is 52.0 Å². The molecule has 3 rings (SSSR count). The molecule has 0 spiro atoms. The molecule has 1 saturated carbocycles. The van der Waals surface area contributed by atoms with Crippen LogP contribution in [0.2, 0.25) is 0 Å². The van der Waals surface area contributed by atoms with Gasteiger partial charge in [0.05, 0.1) is 16.8 Å². The van der Waals surface area contributed by atoms with Crippen molar-refractivity contribution in [3.05, 3.63) is 46.8 Å². The Balaban J connectivity index is 1.92. The van der Waals surface area contributed by atoms with Gasteiger partial charge in [-0.05, 0) is 58.2 Å². The second kappa shape index (κ2) is 6.59. The first-order valence-corrected chi connectivity index (χ1v) is 8.96. The van der Waals surface area contributed by atoms with Crippen molar-refractivity contribution < 1.29 is 9.59 Å². The molecule has 1 heterocycles. The Morgan fingerprint density at radius 3 is 2.46 bits per heavy atom. The first-order valence-electron chi connectivity index (χ1n) is 8.96. The molecule has 1 aliphatic rings. The van der Waals surface area contributed by atoms with Crippen molar-refractivity contribution in [3.8, 4) is 0 Å². The fourth-order valence-electron chi connectivity index (χ4n) is 3.10. The fraction of sp³-hybridized carbons (Fsp3) is 0.450. The SMILES string of the molecule is CNC(=O)c1c(C)cccc1NC(=O)c1cc(C2CC2)n(C(C)(C)C)n1. The third kappa shape index (κ3) is 3.49.